The van der Waals surface area contributed by atoms with Crippen LogP contribution in [0.4, 0.5) is 0 Å². The van der Waals surface area contributed by atoms with Gasteiger partial charge in [0.1, 0.15) is 5.75 Å². The van der Waals surface area contributed by atoms with Crippen molar-refractivity contribution in [2.75, 3.05) is 14.2 Å². The van der Waals surface area contributed by atoms with Gasteiger partial charge in [-0.15, -0.1) is 0 Å². The molecule has 0 spiro atoms. The fourth-order valence-corrected chi connectivity index (χ4v) is 2.14. The Morgan fingerprint density at radius 1 is 1.00 bits per heavy atom. The Balaban J connectivity index is 2.16. The summed E-state index contributed by atoms with van der Waals surface area (Å²) >= 11 is 0. The van der Waals surface area contributed by atoms with Crippen LogP contribution in [0.3, 0.4) is 0 Å². The van der Waals surface area contributed by atoms with Crippen molar-refractivity contribution in [2.45, 2.75) is 19.3 Å². The lowest BCUT2D eigenvalue weighted by atomic mass is 10.0. The lowest BCUT2D eigenvalue weighted by Crippen LogP contribution is -2.24. The molecule has 0 fully saturated rings. The Morgan fingerprint density at radius 2 is 1.62 bits per heavy atom. The van der Waals surface area contributed by atoms with Gasteiger partial charge in [-0.25, -0.2) is 4.98 Å². The number of carbonyl (C=O) groups excluding carboxylic acids is 2. The molecule has 0 amide bonds. The molecular formula is C18H19NO5. The molecule has 0 saturated heterocycles. The Kier molecular flexibility index (Phi) is 5.89. The molecule has 0 atom stereocenters. The molecule has 0 saturated carbocycles. The third-order valence-electron chi connectivity index (χ3n) is 3.52. The van der Waals surface area contributed by atoms with Crippen molar-refractivity contribution in [2.24, 2.45) is 0 Å². The smallest absolute Gasteiger partial charge is 0.324 e. The molecule has 2 aromatic rings. The molecule has 1 aromatic heterocycles. The summed E-state index contributed by atoms with van der Waals surface area (Å²) in [4.78, 5) is 27.7. The standard InChI is InChI=1S/C18H19NO5/c1-4-12-5-8-14(9-6-12)24-15-10-7-13(11-19-15)16(17(20)22-2)18(21)23-3/h5-11,16H,4H2,1-3H3. The average molecular weight is 329 g/mol. The van der Waals surface area contributed by atoms with Crippen molar-refractivity contribution in [3.63, 3.8) is 0 Å². The van der Waals surface area contributed by atoms with E-state index in [4.69, 9.17) is 4.74 Å². The summed E-state index contributed by atoms with van der Waals surface area (Å²) in [5.41, 5.74) is 1.59. The van der Waals surface area contributed by atoms with Crippen molar-refractivity contribution < 1.29 is 23.8 Å². The molecule has 24 heavy (non-hydrogen) atoms. The maximum Gasteiger partial charge on any atom is 0.324 e. The number of carbonyl (C=O) groups is 2. The van der Waals surface area contributed by atoms with E-state index in [0.29, 0.717) is 17.2 Å². The Morgan fingerprint density at radius 3 is 2.08 bits per heavy atom. The van der Waals surface area contributed by atoms with Crippen molar-refractivity contribution >= 4 is 11.9 Å². The van der Waals surface area contributed by atoms with Crippen molar-refractivity contribution in [3.8, 4) is 11.6 Å². The van der Waals surface area contributed by atoms with E-state index in [1.165, 1.54) is 26.0 Å². The number of benzene rings is 1. The quantitative estimate of drug-likeness (QED) is 0.599. The molecule has 1 aromatic carbocycles. The molecule has 0 aliphatic carbocycles. The van der Waals surface area contributed by atoms with Gasteiger partial charge in [0, 0.05) is 12.3 Å². The predicted octanol–water partition coefficient (Wildman–Crippen LogP) is 2.87. The van der Waals surface area contributed by atoms with Gasteiger partial charge >= 0.3 is 11.9 Å². The summed E-state index contributed by atoms with van der Waals surface area (Å²) in [6, 6.07) is 10.9. The zero-order valence-electron chi connectivity index (χ0n) is 13.8. The average Bonchev–Trinajstić information content (AvgIpc) is 2.63. The van der Waals surface area contributed by atoms with Gasteiger partial charge in [-0.1, -0.05) is 25.1 Å². The van der Waals surface area contributed by atoms with Crippen LogP contribution in [0.5, 0.6) is 11.6 Å². The second-order valence-corrected chi connectivity index (χ2v) is 5.01. The van der Waals surface area contributed by atoms with Crippen LogP contribution in [-0.2, 0) is 25.5 Å². The van der Waals surface area contributed by atoms with Crippen LogP contribution in [0.1, 0.15) is 24.0 Å². The Labute approximate surface area is 140 Å². The highest BCUT2D eigenvalue weighted by molar-refractivity contribution is 6.00. The van der Waals surface area contributed by atoms with Gasteiger partial charge in [0.15, 0.2) is 5.92 Å². The van der Waals surface area contributed by atoms with E-state index in [-0.39, 0.29) is 0 Å². The third-order valence-corrected chi connectivity index (χ3v) is 3.52. The number of rotatable bonds is 6. The number of aryl methyl sites for hydroxylation is 1. The Bertz CT molecular complexity index is 678. The monoisotopic (exact) mass is 329 g/mol. The molecule has 0 aliphatic rings. The zero-order valence-corrected chi connectivity index (χ0v) is 13.8. The van der Waals surface area contributed by atoms with Crippen LogP contribution in [0, 0.1) is 0 Å². The molecule has 0 radical (unpaired) electrons. The van der Waals surface area contributed by atoms with Gasteiger partial charge in [0.05, 0.1) is 14.2 Å². The molecule has 2 rings (SSSR count). The minimum atomic E-state index is -1.16. The van der Waals surface area contributed by atoms with Gasteiger partial charge in [0.25, 0.3) is 0 Å². The first-order chi connectivity index (χ1) is 11.6. The molecule has 6 heteroatoms. The summed E-state index contributed by atoms with van der Waals surface area (Å²) in [5.74, 6) is -1.55. The van der Waals surface area contributed by atoms with Crippen LogP contribution in [0.25, 0.3) is 0 Å². The zero-order chi connectivity index (χ0) is 17.5. The first-order valence-corrected chi connectivity index (χ1v) is 7.47. The molecule has 0 unspecified atom stereocenters. The molecule has 0 bridgehead atoms. The number of aromatic nitrogens is 1. The maximum atomic E-state index is 11.8. The first kappa shape index (κ1) is 17.5. The third kappa shape index (κ3) is 4.10. The summed E-state index contributed by atoms with van der Waals surface area (Å²) < 4.78 is 14.9. The molecule has 6 nitrogen and oxygen atoms in total. The number of hydrogen-bond donors (Lipinski definition) is 0. The summed E-state index contributed by atoms with van der Waals surface area (Å²) in [6.45, 7) is 2.08. The minimum Gasteiger partial charge on any atom is -0.468 e. The van der Waals surface area contributed by atoms with Gasteiger partial charge < -0.3 is 14.2 Å². The number of pyridine rings is 1. The number of nitrogens with zero attached hydrogens (tertiary/aromatic N) is 1. The van der Waals surface area contributed by atoms with Crippen LogP contribution < -0.4 is 4.74 Å². The van der Waals surface area contributed by atoms with Gasteiger partial charge in [-0.05, 0) is 29.7 Å². The summed E-state index contributed by atoms with van der Waals surface area (Å²) in [7, 11) is 2.42. The highest BCUT2D eigenvalue weighted by atomic mass is 16.5. The number of ether oxygens (including phenoxy) is 3. The highest BCUT2D eigenvalue weighted by Gasteiger charge is 2.30. The van der Waals surface area contributed by atoms with Crippen molar-refractivity contribution in [1.29, 1.82) is 0 Å². The topological polar surface area (TPSA) is 74.7 Å². The number of methoxy groups -OCH3 is 2. The van der Waals surface area contributed by atoms with Crippen molar-refractivity contribution in [1.82, 2.24) is 4.98 Å². The van der Waals surface area contributed by atoms with Crippen LogP contribution in [-0.4, -0.2) is 31.1 Å². The predicted molar refractivity (Wildman–Crippen MR) is 86.9 cm³/mol. The highest BCUT2D eigenvalue weighted by Crippen LogP contribution is 2.23. The fourth-order valence-electron chi connectivity index (χ4n) is 2.14. The molecule has 0 aliphatic heterocycles. The van der Waals surface area contributed by atoms with Crippen LogP contribution >= 0.6 is 0 Å². The second kappa shape index (κ2) is 8.10. The molecule has 0 N–H and O–H groups in total. The molecule has 1 heterocycles. The van der Waals surface area contributed by atoms with Crippen LogP contribution in [0.15, 0.2) is 42.6 Å². The van der Waals surface area contributed by atoms with E-state index in [1.54, 1.807) is 12.1 Å². The van der Waals surface area contributed by atoms with E-state index in [2.05, 4.69) is 21.4 Å². The SMILES string of the molecule is CCc1ccc(Oc2ccc(C(C(=O)OC)C(=O)OC)cn2)cc1. The van der Waals surface area contributed by atoms with Crippen LogP contribution in [0.2, 0.25) is 0 Å². The molecule has 126 valence electrons. The maximum absolute atomic E-state index is 11.8. The molecular weight excluding hydrogens is 310 g/mol. The lowest BCUT2D eigenvalue weighted by Gasteiger charge is -2.13. The second-order valence-electron chi connectivity index (χ2n) is 5.01. The van der Waals surface area contributed by atoms with Gasteiger partial charge in [0.2, 0.25) is 5.88 Å². The van der Waals surface area contributed by atoms with Crippen molar-refractivity contribution in [3.05, 3.63) is 53.7 Å². The Hall–Kier alpha value is -2.89. The van der Waals surface area contributed by atoms with E-state index in [9.17, 15) is 9.59 Å². The van der Waals surface area contributed by atoms with E-state index in [1.807, 2.05) is 24.3 Å². The number of esters is 2. The van der Waals surface area contributed by atoms with Gasteiger partial charge in [-0.3, -0.25) is 9.59 Å². The number of hydrogen-bond acceptors (Lipinski definition) is 6. The van der Waals surface area contributed by atoms with Gasteiger partial charge in [-0.2, -0.15) is 0 Å². The van der Waals surface area contributed by atoms with E-state index < -0.39 is 17.9 Å². The minimum absolute atomic E-state index is 0.358. The normalized spacial score (nSPS) is 10.3. The summed E-state index contributed by atoms with van der Waals surface area (Å²) in [5, 5.41) is 0. The lowest BCUT2D eigenvalue weighted by molar-refractivity contribution is -0.154. The largest absolute Gasteiger partial charge is 0.468 e. The van der Waals surface area contributed by atoms with E-state index in [0.717, 1.165) is 6.42 Å². The van der Waals surface area contributed by atoms with E-state index >= 15 is 0 Å². The summed E-state index contributed by atoms with van der Waals surface area (Å²) in [6.07, 6.45) is 2.35. The fraction of sp³-hybridized carbons (Fsp3) is 0.278. The first-order valence-electron chi connectivity index (χ1n) is 7.47.